The van der Waals surface area contributed by atoms with E-state index in [9.17, 15) is 10.1 Å². The Morgan fingerprint density at radius 3 is 2.71 bits per heavy atom. The lowest BCUT2D eigenvalue weighted by molar-refractivity contribution is -0.384. The molecule has 0 atom stereocenters. The smallest absolute Gasteiger partial charge is 0.311 e. The highest BCUT2D eigenvalue weighted by atomic mass is 79.9. The van der Waals surface area contributed by atoms with Crippen LogP contribution in [-0.2, 0) is 4.84 Å². The molecular formula is C13H15BrN4O3. The third-order valence-corrected chi connectivity index (χ3v) is 4.40. The fourth-order valence-electron chi connectivity index (χ4n) is 2.78. The summed E-state index contributed by atoms with van der Waals surface area (Å²) < 4.78 is 0.829. The van der Waals surface area contributed by atoms with Crippen molar-refractivity contribution in [2.45, 2.75) is 31.8 Å². The van der Waals surface area contributed by atoms with Crippen LogP contribution in [-0.4, -0.2) is 33.2 Å². The molecule has 0 aromatic carbocycles. The normalized spacial score (nSPS) is 20.3. The fourth-order valence-corrected chi connectivity index (χ4v) is 3.37. The average Bonchev–Trinajstić information content (AvgIpc) is 2.80. The van der Waals surface area contributed by atoms with Gasteiger partial charge in [-0.2, -0.15) is 0 Å². The van der Waals surface area contributed by atoms with E-state index in [2.05, 4.69) is 26.1 Å². The van der Waals surface area contributed by atoms with Gasteiger partial charge < -0.3 is 9.74 Å². The van der Waals surface area contributed by atoms with Crippen molar-refractivity contribution in [2.75, 3.05) is 18.0 Å². The summed E-state index contributed by atoms with van der Waals surface area (Å²) in [4.78, 5) is 22.6. The first-order valence-electron chi connectivity index (χ1n) is 6.77. The Labute approximate surface area is 130 Å². The molecule has 0 bridgehead atoms. The molecule has 0 saturated carbocycles. The molecule has 1 spiro atoms. The number of nitro groups is 1. The van der Waals surface area contributed by atoms with Crippen molar-refractivity contribution in [3.05, 3.63) is 27.9 Å². The van der Waals surface area contributed by atoms with Gasteiger partial charge in [-0.15, -0.1) is 0 Å². The molecule has 2 aliphatic rings. The largest absolute Gasteiger partial charge is 0.388 e. The maximum Gasteiger partial charge on any atom is 0.311 e. The molecule has 0 amide bonds. The Morgan fingerprint density at radius 2 is 2.14 bits per heavy atom. The van der Waals surface area contributed by atoms with Gasteiger partial charge in [0, 0.05) is 44.1 Å². The summed E-state index contributed by atoms with van der Waals surface area (Å²) in [6, 6.07) is 3.19. The number of piperidine rings is 1. The third kappa shape index (κ3) is 2.72. The molecule has 3 heterocycles. The number of rotatable bonds is 2. The second-order valence-corrected chi connectivity index (χ2v) is 6.37. The highest BCUT2D eigenvalue weighted by molar-refractivity contribution is 9.18. The maximum atomic E-state index is 11.2. The lowest BCUT2D eigenvalue weighted by Crippen LogP contribution is -2.45. The van der Waals surface area contributed by atoms with Gasteiger partial charge in [0.15, 0.2) is 0 Å². The minimum Gasteiger partial charge on any atom is -0.388 e. The molecular weight excluding hydrogens is 340 g/mol. The van der Waals surface area contributed by atoms with Crippen LogP contribution in [0, 0.1) is 17.0 Å². The Bertz CT molecular complexity index is 611. The lowest BCUT2D eigenvalue weighted by Gasteiger charge is -2.37. The summed E-state index contributed by atoms with van der Waals surface area (Å²) in [6.45, 7) is 3.18. The molecule has 0 aliphatic carbocycles. The number of aromatic nitrogens is 1. The molecule has 2 aliphatic heterocycles. The second-order valence-electron chi connectivity index (χ2n) is 5.46. The molecule has 1 saturated heterocycles. The van der Waals surface area contributed by atoms with E-state index in [1.165, 1.54) is 6.07 Å². The molecule has 8 heteroatoms. The van der Waals surface area contributed by atoms with Crippen LogP contribution in [0.3, 0.4) is 0 Å². The van der Waals surface area contributed by atoms with E-state index in [-0.39, 0.29) is 16.2 Å². The summed E-state index contributed by atoms with van der Waals surface area (Å²) in [7, 11) is 0. The van der Waals surface area contributed by atoms with Crippen molar-refractivity contribution >= 4 is 32.1 Å². The lowest BCUT2D eigenvalue weighted by atomic mass is 9.89. The van der Waals surface area contributed by atoms with E-state index in [4.69, 9.17) is 4.84 Å². The summed E-state index contributed by atoms with van der Waals surface area (Å²) in [6.07, 6.45) is 2.32. The first-order chi connectivity index (χ1) is 9.99. The van der Waals surface area contributed by atoms with Crippen molar-refractivity contribution in [3.8, 4) is 0 Å². The molecule has 7 nitrogen and oxygen atoms in total. The van der Waals surface area contributed by atoms with Crippen LogP contribution in [0.5, 0.6) is 0 Å². The van der Waals surface area contributed by atoms with E-state index in [0.717, 1.165) is 29.6 Å². The van der Waals surface area contributed by atoms with Crippen LogP contribution in [0.15, 0.2) is 17.3 Å². The Balaban J connectivity index is 1.78. The predicted molar refractivity (Wildman–Crippen MR) is 81.9 cm³/mol. The summed E-state index contributed by atoms with van der Waals surface area (Å²) >= 11 is 3.36. The minimum absolute atomic E-state index is 0.0568. The van der Waals surface area contributed by atoms with E-state index < -0.39 is 0 Å². The van der Waals surface area contributed by atoms with Gasteiger partial charge in [0.25, 0.3) is 0 Å². The Morgan fingerprint density at radius 1 is 1.43 bits per heavy atom. The molecule has 0 N–H and O–H groups in total. The SMILES string of the molecule is Cc1ccc([N+](=O)[O-])c(N2CCC3(CC2)CC(Br)=NO3)n1. The number of anilines is 1. The van der Waals surface area contributed by atoms with Gasteiger partial charge in [0.2, 0.25) is 5.82 Å². The minimum atomic E-state index is -0.377. The quantitative estimate of drug-likeness (QED) is 0.602. The van der Waals surface area contributed by atoms with Crippen molar-refractivity contribution in [1.82, 2.24) is 4.98 Å². The van der Waals surface area contributed by atoms with Crippen LogP contribution in [0.25, 0.3) is 0 Å². The molecule has 1 fully saturated rings. The monoisotopic (exact) mass is 354 g/mol. The number of hydrogen-bond acceptors (Lipinski definition) is 6. The Hall–Kier alpha value is -1.70. The van der Waals surface area contributed by atoms with Gasteiger partial charge in [-0.05, 0) is 28.9 Å². The maximum absolute atomic E-state index is 11.2. The summed E-state index contributed by atoms with van der Waals surface area (Å²) in [5, 5.41) is 15.1. The number of pyridine rings is 1. The van der Waals surface area contributed by atoms with Crippen molar-refractivity contribution in [2.24, 2.45) is 5.16 Å². The molecule has 0 unspecified atom stereocenters. The molecule has 1 aromatic rings. The number of aryl methyl sites for hydroxylation is 1. The summed E-state index contributed by atoms with van der Waals surface area (Å²) in [5.41, 5.74) is 0.578. The van der Waals surface area contributed by atoms with Gasteiger partial charge in [0.1, 0.15) is 10.2 Å². The highest BCUT2D eigenvalue weighted by Crippen LogP contribution is 2.38. The predicted octanol–water partition coefficient (Wildman–Crippen LogP) is 2.77. The van der Waals surface area contributed by atoms with E-state index >= 15 is 0 Å². The average molecular weight is 355 g/mol. The molecule has 0 radical (unpaired) electrons. The van der Waals surface area contributed by atoms with Crippen molar-refractivity contribution in [1.29, 1.82) is 0 Å². The number of oxime groups is 1. The molecule has 1 aromatic heterocycles. The van der Waals surface area contributed by atoms with Gasteiger partial charge in [-0.3, -0.25) is 10.1 Å². The Kier molecular flexibility index (Phi) is 3.56. The van der Waals surface area contributed by atoms with E-state index in [1.807, 2.05) is 11.8 Å². The number of halogens is 1. The van der Waals surface area contributed by atoms with Gasteiger partial charge >= 0.3 is 5.69 Å². The highest BCUT2D eigenvalue weighted by Gasteiger charge is 2.42. The standard InChI is InChI=1S/C13H15BrN4O3/c1-9-2-3-10(18(19)20)12(15-9)17-6-4-13(5-7-17)8-11(14)16-21-13/h2-3H,4-8H2,1H3. The van der Waals surface area contributed by atoms with Gasteiger partial charge in [-0.25, -0.2) is 4.98 Å². The van der Waals surface area contributed by atoms with Crippen molar-refractivity contribution in [3.63, 3.8) is 0 Å². The fraction of sp³-hybridized carbons (Fsp3) is 0.538. The first-order valence-corrected chi connectivity index (χ1v) is 7.56. The van der Waals surface area contributed by atoms with E-state index in [0.29, 0.717) is 18.9 Å². The van der Waals surface area contributed by atoms with Crippen LogP contribution >= 0.6 is 15.9 Å². The molecule has 3 rings (SSSR count). The van der Waals surface area contributed by atoms with E-state index in [1.54, 1.807) is 6.07 Å². The van der Waals surface area contributed by atoms with Crippen LogP contribution < -0.4 is 4.90 Å². The van der Waals surface area contributed by atoms with Crippen molar-refractivity contribution < 1.29 is 9.76 Å². The van der Waals surface area contributed by atoms with Crippen LogP contribution in [0.2, 0.25) is 0 Å². The van der Waals surface area contributed by atoms with Crippen LogP contribution in [0.1, 0.15) is 25.0 Å². The van der Waals surface area contributed by atoms with Crippen LogP contribution in [0.4, 0.5) is 11.5 Å². The molecule has 21 heavy (non-hydrogen) atoms. The zero-order valence-corrected chi connectivity index (χ0v) is 13.2. The number of hydrogen-bond donors (Lipinski definition) is 0. The zero-order chi connectivity index (χ0) is 15.0. The van der Waals surface area contributed by atoms with Gasteiger partial charge in [0.05, 0.1) is 4.92 Å². The zero-order valence-electron chi connectivity index (χ0n) is 11.6. The first kappa shape index (κ1) is 14.2. The summed E-state index contributed by atoms with van der Waals surface area (Å²) in [5.74, 6) is 0.452. The third-order valence-electron chi connectivity index (χ3n) is 3.97. The molecule has 112 valence electrons. The topological polar surface area (TPSA) is 80.9 Å². The number of nitrogens with zero attached hydrogens (tertiary/aromatic N) is 4. The second kappa shape index (κ2) is 5.25. The van der Waals surface area contributed by atoms with Gasteiger partial charge in [-0.1, -0.05) is 5.16 Å².